The predicted molar refractivity (Wildman–Crippen MR) is 33.2 cm³/mol. The highest BCUT2D eigenvalue weighted by Crippen LogP contribution is 2.12. The summed E-state index contributed by atoms with van der Waals surface area (Å²) in [6.07, 6.45) is 0.773. The van der Waals surface area contributed by atoms with Crippen molar-refractivity contribution < 1.29 is 9.90 Å². The molecule has 0 radical (unpaired) electrons. The van der Waals surface area contributed by atoms with Crippen LogP contribution >= 0.6 is 0 Å². The van der Waals surface area contributed by atoms with Crippen LogP contribution in [0.2, 0.25) is 0 Å². The molecule has 0 aromatic carbocycles. The van der Waals surface area contributed by atoms with Gasteiger partial charge in [0.25, 0.3) is 0 Å². The molecule has 2 N–H and O–H groups in total. The van der Waals surface area contributed by atoms with Gasteiger partial charge in [0.1, 0.15) is 0 Å². The maximum Gasteiger partial charge on any atom is 0.307 e. The number of nitrogens with one attached hydrogen (secondary N) is 1. The molecule has 0 amide bonds. The Labute approximate surface area is 54.1 Å². The van der Waals surface area contributed by atoms with E-state index in [1.54, 1.807) is 0 Å². The van der Waals surface area contributed by atoms with Gasteiger partial charge in [-0.15, -0.1) is 0 Å². The molecule has 0 bridgehead atoms. The Morgan fingerprint density at radius 2 is 2.44 bits per heavy atom. The average molecular weight is 129 g/mol. The minimum Gasteiger partial charge on any atom is -0.481 e. The number of carboxylic acids is 1. The molecule has 1 rings (SSSR count). The molecule has 1 saturated heterocycles. The molecule has 0 saturated carbocycles. The molecular weight excluding hydrogens is 118 g/mol. The lowest BCUT2D eigenvalue weighted by molar-refractivity contribution is -0.141. The van der Waals surface area contributed by atoms with Gasteiger partial charge in [0.2, 0.25) is 0 Å². The Kier molecular flexibility index (Phi) is 1.71. The molecule has 3 heteroatoms. The van der Waals surface area contributed by atoms with Crippen LogP contribution in [-0.2, 0) is 4.79 Å². The molecule has 52 valence electrons. The van der Waals surface area contributed by atoms with Crippen molar-refractivity contribution in [3.8, 4) is 0 Å². The van der Waals surface area contributed by atoms with Crippen LogP contribution in [0.15, 0.2) is 0 Å². The summed E-state index contributed by atoms with van der Waals surface area (Å²) in [5.41, 5.74) is 0. The van der Waals surface area contributed by atoms with E-state index in [4.69, 9.17) is 5.11 Å². The molecule has 1 aliphatic rings. The van der Waals surface area contributed by atoms with Gasteiger partial charge in [-0.25, -0.2) is 0 Å². The van der Waals surface area contributed by atoms with E-state index in [9.17, 15) is 4.79 Å². The smallest absolute Gasteiger partial charge is 0.307 e. The highest BCUT2D eigenvalue weighted by molar-refractivity contribution is 5.70. The van der Waals surface area contributed by atoms with Gasteiger partial charge in [0, 0.05) is 12.6 Å². The predicted octanol–water partition coefficient (Wildman–Crippen LogP) is 0.0690. The summed E-state index contributed by atoms with van der Waals surface area (Å²) in [5.74, 6) is -0.827. The first kappa shape index (κ1) is 6.55. The average Bonchev–Trinajstić information content (AvgIpc) is 2.14. The Balaban J connectivity index is 2.39. The normalized spacial score (nSPS) is 34.8. The van der Waals surface area contributed by atoms with Crippen LogP contribution in [-0.4, -0.2) is 23.7 Å². The fraction of sp³-hybridized carbons (Fsp3) is 0.833. The van der Waals surface area contributed by atoms with Crippen LogP contribution in [0.3, 0.4) is 0 Å². The molecular formula is C6H11NO2. The number of carboxylic acid groups (broad SMARTS) is 1. The first-order valence-corrected chi connectivity index (χ1v) is 3.16. The van der Waals surface area contributed by atoms with Crippen molar-refractivity contribution >= 4 is 5.97 Å². The lowest BCUT2D eigenvalue weighted by atomic mass is 10.1. The van der Waals surface area contributed by atoms with E-state index in [2.05, 4.69) is 5.32 Å². The van der Waals surface area contributed by atoms with Crippen molar-refractivity contribution in [1.29, 1.82) is 0 Å². The first-order chi connectivity index (χ1) is 4.20. The third kappa shape index (κ3) is 1.42. The zero-order valence-electron chi connectivity index (χ0n) is 5.42. The first-order valence-electron chi connectivity index (χ1n) is 3.16. The maximum atomic E-state index is 10.3. The molecule has 9 heavy (non-hydrogen) atoms. The Bertz CT molecular complexity index is 124. The van der Waals surface area contributed by atoms with Gasteiger partial charge in [-0.2, -0.15) is 0 Å². The van der Waals surface area contributed by atoms with Crippen LogP contribution in [0.25, 0.3) is 0 Å². The van der Waals surface area contributed by atoms with Gasteiger partial charge in [-0.3, -0.25) is 4.79 Å². The van der Waals surface area contributed by atoms with Gasteiger partial charge in [0.05, 0.1) is 5.92 Å². The minimum atomic E-state index is -0.674. The van der Waals surface area contributed by atoms with Gasteiger partial charge in [0.15, 0.2) is 0 Å². The van der Waals surface area contributed by atoms with Crippen molar-refractivity contribution in [2.75, 3.05) is 6.54 Å². The van der Waals surface area contributed by atoms with Gasteiger partial charge >= 0.3 is 5.97 Å². The molecule has 3 nitrogen and oxygen atoms in total. The maximum absolute atomic E-state index is 10.3. The molecule has 0 aromatic heterocycles. The molecule has 1 heterocycles. The SMILES string of the molecule is C[C@@H]1C[C@@H](C(=O)O)CN1. The molecule has 2 atom stereocenters. The lowest BCUT2D eigenvalue weighted by Gasteiger charge is -1.98. The monoisotopic (exact) mass is 129 g/mol. The van der Waals surface area contributed by atoms with Crippen molar-refractivity contribution in [3.63, 3.8) is 0 Å². The van der Waals surface area contributed by atoms with Crippen molar-refractivity contribution in [3.05, 3.63) is 0 Å². The van der Waals surface area contributed by atoms with E-state index in [0.717, 1.165) is 6.42 Å². The van der Waals surface area contributed by atoms with E-state index < -0.39 is 5.97 Å². The van der Waals surface area contributed by atoms with Crippen LogP contribution in [0.1, 0.15) is 13.3 Å². The zero-order chi connectivity index (χ0) is 6.85. The Hall–Kier alpha value is -0.570. The van der Waals surface area contributed by atoms with Gasteiger partial charge in [-0.1, -0.05) is 0 Å². The molecule has 0 unspecified atom stereocenters. The van der Waals surface area contributed by atoms with E-state index in [1.165, 1.54) is 0 Å². The number of hydrogen-bond acceptors (Lipinski definition) is 2. The van der Waals surface area contributed by atoms with Crippen LogP contribution < -0.4 is 5.32 Å². The summed E-state index contributed by atoms with van der Waals surface area (Å²) < 4.78 is 0. The Morgan fingerprint density at radius 3 is 2.67 bits per heavy atom. The standard InChI is InChI=1S/C6H11NO2/c1-4-2-5(3-7-4)6(8)9/h4-5,7H,2-3H2,1H3,(H,8,9)/t4-,5-/m1/s1. The van der Waals surface area contributed by atoms with E-state index in [0.29, 0.717) is 12.6 Å². The summed E-state index contributed by atoms with van der Waals surface area (Å²) in [6, 6.07) is 0.381. The minimum absolute atomic E-state index is 0.153. The fourth-order valence-corrected chi connectivity index (χ4v) is 1.13. The quantitative estimate of drug-likeness (QED) is 0.526. The second-order valence-corrected chi connectivity index (χ2v) is 2.58. The number of aliphatic carboxylic acids is 1. The third-order valence-corrected chi connectivity index (χ3v) is 1.70. The molecule has 0 aromatic rings. The van der Waals surface area contributed by atoms with Crippen molar-refractivity contribution in [1.82, 2.24) is 5.32 Å². The molecule has 0 aliphatic carbocycles. The third-order valence-electron chi connectivity index (χ3n) is 1.70. The largest absolute Gasteiger partial charge is 0.481 e. The highest BCUT2D eigenvalue weighted by Gasteiger charge is 2.25. The summed E-state index contributed by atoms with van der Waals surface area (Å²) in [5, 5.41) is 11.6. The second-order valence-electron chi connectivity index (χ2n) is 2.58. The number of hydrogen-bond donors (Lipinski definition) is 2. The van der Waals surface area contributed by atoms with Gasteiger partial charge in [-0.05, 0) is 13.3 Å². The summed E-state index contributed by atoms with van der Waals surface area (Å²) in [4.78, 5) is 10.3. The van der Waals surface area contributed by atoms with E-state index in [-0.39, 0.29) is 5.92 Å². The number of rotatable bonds is 1. The van der Waals surface area contributed by atoms with Crippen molar-refractivity contribution in [2.24, 2.45) is 5.92 Å². The van der Waals surface area contributed by atoms with Gasteiger partial charge < -0.3 is 10.4 Å². The lowest BCUT2D eigenvalue weighted by Crippen LogP contribution is -2.18. The second kappa shape index (κ2) is 2.35. The van der Waals surface area contributed by atoms with Crippen LogP contribution in [0.5, 0.6) is 0 Å². The number of carbonyl (C=O) groups is 1. The van der Waals surface area contributed by atoms with Crippen LogP contribution in [0, 0.1) is 5.92 Å². The summed E-state index contributed by atoms with van der Waals surface area (Å²) >= 11 is 0. The molecule has 1 aliphatic heterocycles. The molecule has 1 fully saturated rings. The summed E-state index contributed by atoms with van der Waals surface area (Å²) in [7, 11) is 0. The van der Waals surface area contributed by atoms with Crippen LogP contribution in [0.4, 0.5) is 0 Å². The zero-order valence-corrected chi connectivity index (χ0v) is 5.42. The van der Waals surface area contributed by atoms with Crippen molar-refractivity contribution in [2.45, 2.75) is 19.4 Å². The molecule has 0 spiro atoms. The Morgan fingerprint density at radius 1 is 1.78 bits per heavy atom. The highest BCUT2D eigenvalue weighted by atomic mass is 16.4. The van der Waals surface area contributed by atoms with E-state index in [1.807, 2.05) is 6.92 Å². The fourth-order valence-electron chi connectivity index (χ4n) is 1.13. The summed E-state index contributed by atoms with van der Waals surface area (Å²) in [6.45, 7) is 2.64. The topological polar surface area (TPSA) is 49.3 Å². The van der Waals surface area contributed by atoms with E-state index >= 15 is 0 Å².